The molecule has 2 heterocycles. The number of amides is 1. The number of carbonyl (C=O) groups is 2. The number of hydrogen-bond acceptors (Lipinski definition) is 5. The lowest BCUT2D eigenvalue weighted by molar-refractivity contribution is -0.141. The van der Waals surface area contributed by atoms with Crippen LogP contribution in [0.4, 0.5) is 0 Å². The SMILES string of the molecule is CC(C)C1SCC(C(=O)O)N1C(=O)c1ccon1. The number of carboxylic acids is 1. The first-order chi connectivity index (χ1) is 8.52. The normalized spacial score (nSPS) is 23.6. The molecular weight excluding hydrogens is 256 g/mol. The molecule has 0 radical (unpaired) electrons. The number of aliphatic carboxylic acids is 1. The fraction of sp³-hybridized carbons (Fsp3) is 0.545. The van der Waals surface area contributed by atoms with Crippen molar-refractivity contribution in [3.05, 3.63) is 18.0 Å². The molecule has 1 aliphatic rings. The summed E-state index contributed by atoms with van der Waals surface area (Å²) in [6.07, 6.45) is 1.30. The Hall–Kier alpha value is -1.50. The predicted molar refractivity (Wildman–Crippen MR) is 65.2 cm³/mol. The standard InChI is InChI=1S/C11H14N2O4S/c1-6(2)10-13(8(5-18-10)11(15)16)9(14)7-3-4-17-12-7/h3-4,6,8,10H,5H2,1-2H3,(H,15,16). The van der Waals surface area contributed by atoms with Gasteiger partial charge in [0.15, 0.2) is 5.69 Å². The van der Waals surface area contributed by atoms with E-state index in [1.165, 1.54) is 29.0 Å². The first-order valence-electron chi connectivity index (χ1n) is 5.60. The lowest BCUT2D eigenvalue weighted by Crippen LogP contribution is -2.47. The Morgan fingerprint density at radius 3 is 2.83 bits per heavy atom. The Balaban J connectivity index is 2.29. The van der Waals surface area contributed by atoms with Gasteiger partial charge in [-0.2, -0.15) is 0 Å². The second-order valence-electron chi connectivity index (χ2n) is 4.42. The van der Waals surface area contributed by atoms with E-state index >= 15 is 0 Å². The predicted octanol–water partition coefficient (Wildman–Crippen LogP) is 1.30. The Morgan fingerprint density at radius 1 is 1.61 bits per heavy atom. The number of rotatable bonds is 3. The first kappa shape index (κ1) is 12.9. The van der Waals surface area contributed by atoms with E-state index in [9.17, 15) is 14.7 Å². The molecule has 1 N–H and O–H groups in total. The van der Waals surface area contributed by atoms with Gasteiger partial charge in [0.05, 0.1) is 5.37 Å². The van der Waals surface area contributed by atoms with Gasteiger partial charge < -0.3 is 14.5 Å². The van der Waals surface area contributed by atoms with Gasteiger partial charge >= 0.3 is 5.97 Å². The molecule has 0 aromatic carbocycles. The number of aromatic nitrogens is 1. The van der Waals surface area contributed by atoms with E-state index in [0.717, 1.165) is 0 Å². The van der Waals surface area contributed by atoms with Crippen LogP contribution in [0.5, 0.6) is 0 Å². The molecule has 1 aliphatic heterocycles. The molecule has 1 aromatic rings. The number of hydrogen-bond donors (Lipinski definition) is 1. The molecule has 18 heavy (non-hydrogen) atoms. The molecule has 0 bridgehead atoms. The van der Waals surface area contributed by atoms with Crippen molar-refractivity contribution >= 4 is 23.6 Å². The van der Waals surface area contributed by atoms with Crippen LogP contribution >= 0.6 is 11.8 Å². The van der Waals surface area contributed by atoms with Gasteiger partial charge in [0.2, 0.25) is 0 Å². The average Bonchev–Trinajstić information content (AvgIpc) is 2.97. The summed E-state index contributed by atoms with van der Waals surface area (Å²) >= 11 is 1.49. The highest BCUT2D eigenvalue weighted by molar-refractivity contribution is 8.00. The van der Waals surface area contributed by atoms with E-state index < -0.39 is 12.0 Å². The van der Waals surface area contributed by atoms with E-state index in [1.807, 2.05) is 13.8 Å². The molecule has 7 heteroatoms. The van der Waals surface area contributed by atoms with Crippen molar-refractivity contribution in [1.82, 2.24) is 10.1 Å². The molecule has 0 aliphatic carbocycles. The zero-order valence-corrected chi connectivity index (χ0v) is 10.9. The molecule has 98 valence electrons. The minimum Gasteiger partial charge on any atom is -0.480 e. The molecule has 2 rings (SSSR count). The second-order valence-corrected chi connectivity index (χ2v) is 5.57. The third kappa shape index (κ3) is 2.22. The first-order valence-corrected chi connectivity index (χ1v) is 6.64. The van der Waals surface area contributed by atoms with Crippen molar-refractivity contribution in [2.24, 2.45) is 5.92 Å². The Morgan fingerprint density at radius 2 is 2.33 bits per heavy atom. The van der Waals surface area contributed by atoms with Crippen LogP contribution in [0.15, 0.2) is 16.9 Å². The van der Waals surface area contributed by atoms with Crippen LogP contribution < -0.4 is 0 Å². The number of carboxylic acid groups (broad SMARTS) is 1. The lowest BCUT2D eigenvalue weighted by atomic mass is 10.1. The fourth-order valence-electron chi connectivity index (χ4n) is 1.94. The summed E-state index contributed by atoms with van der Waals surface area (Å²) in [5.41, 5.74) is 0.148. The highest BCUT2D eigenvalue weighted by atomic mass is 32.2. The Bertz CT molecular complexity index is 446. The maximum atomic E-state index is 12.3. The van der Waals surface area contributed by atoms with Crippen LogP contribution in [0.2, 0.25) is 0 Å². The van der Waals surface area contributed by atoms with Gasteiger partial charge in [0.25, 0.3) is 5.91 Å². The topological polar surface area (TPSA) is 83.6 Å². The minimum atomic E-state index is -0.984. The van der Waals surface area contributed by atoms with Gasteiger partial charge in [-0.05, 0) is 5.92 Å². The highest BCUT2D eigenvalue weighted by Gasteiger charge is 2.43. The van der Waals surface area contributed by atoms with Gasteiger partial charge in [-0.1, -0.05) is 19.0 Å². The fourth-order valence-corrected chi connectivity index (χ4v) is 3.41. The monoisotopic (exact) mass is 270 g/mol. The quantitative estimate of drug-likeness (QED) is 0.891. The van der Waals surface area contributed by atoms with Crippen molar-refractivity contribution in [3.8, 4) is 0 Å². The zero-order valence-electron chi connectivity index (χ0n) is 10.1. The van der Waals surface area contributed by atoms with E-state index in [-0.39, 0.29) is 22.9 Å². The van der Waals surface area contributed by atoms with Crippen molar-refractivity contribution in [3.63, 3.8) is 0 Å². The lowest BCUT2D eigenvalue weighted by Gasteiger charge is -2.28. The molecule has 1 amide bonds. The third-order valence-electron chi connectivity index (χ3n) is 2.78. The van der Waals surface area contributed by atoms with Gasteiger partial charge in [0, 0.05) is 11.8 Å². The molecule has 6 nitrogen and oxygen atoms in total. The molecule has 1 fully saturated rings. The zero-order chi connectivity index (χ0) is 13.3. The summed E-state index contributed by atoms with van der Waals surface area (Å²) in [4.78, 5) is 24.9. The van der Waals surface area contributed by atoms with Gasteiger partial charge in [-0.15, -0.1) is 11.8 Å². The third-order valence-corrected chi connectivity index (χ3v) is 4.40. The van der Waals surface area contributed by atoms with Crippen LogP contribution in [0, 0.1) is 5.92 Å². The van der Waals surface area contributed by atoms with Crippen molar-refractivity contribution in [2.45, 2.75) is 25.3 Å². The van der Waals surface area contributed by atoms with Crippen LogP contribution in [-0.2, 0) is 4.79 Å². The summed E-state index contributed by atoms with van der Waals surface area (Å²) in [7, 11) is 0. The van der Waals surface area contributed by atoms with Gasteiger partial charge in [-0.25, -0.2) is 4.79 Å². The molecule has 2 atom stereocenters. The number of thioether (sulfide) groups is 1. The van der Waals surface area contributed by atoms with Crippen molar-refractivity contribution in [1.29, 1.82) is 0 Å². The van der Waals surface area contributed by atoms with Gasteiger partial charge in [0.1, 0.15) is 12.3 Å². The van der Waals surface area contributed by atoms with E-state index in [2.05, 4.69) is 9.68 Å². The summed E-state index contributed by atoms with van der Waals surface area (Å²) in [6, 6.07) is 0.647. The van der Waals surface area contributed by atoms with Crippen molar-refractivity contribution in [2.75, 3.05) is 5.75 Å². The van der Waals surface area contributed by atoms with E-state index in [1.54, 1.807) is 0 Å². The second kappa shape index (κ2) is 5.01. The van der Waals surface area contributed by atoms with E-state index in [0.29, 0.717) is 5.75 Å². The maximum absolute atomic E-state index is 12.3. The molecule has 2 unspecified atom stereocenters. The Kier molecular flexibility index (Phi) is 3.60. The largest absolute Gasteiger partial charge is 0.480 e. The van der Waals surface area contributed by atoms with E-state index in [4.69, 9.17) is 0 Å². The molecule has 1 aromatic heterocycles. The van der Waals surface area contributed by atoms with Gasteiger partial charge in [-0.3, -0.25) is 4.79 Å². The number of nitrogens with zero attached hydrogens (tertiary/aromatic N) is 2. The average molecular weight is 270 g/mol. The van der Waals surface area contributed by atoms with Crippen molar-refractivity contribution < 1.29 is 19.2 Å². The molecule has 0 saturated carbocycles. The molecular formula is C11H14N2O4S. The van der Waals surface area contributed by atoms with Crippen LogP contribution in [0.25, 0.3) is 0 Å². The van der Waals surface area contributed by atoms with Crippen LogP contribution in [0.1, 0.15) is 24.3 Å². The summed E-state index contributed by atoms with van der Waals surface area (Å²) in [5, 5.41) is 12.6. The summed E-state index contributed by atoms with van der Waals surface area (Å²) < 4.78 is 4.63. The number of carbonyl (C=O) groups excluding carboxylic acids is 1. The summed E-state index contributed by atoms with van der Waals surface area (Å²) in [6.45, 7) is 3.93. The van der Waals surface area contributed by atoms with Crippen LogP contribution in [-0.4, -0.2) is 44.2 Å². The smallest absolute Gasteiger partial charge is 0.327 e. The summed E-state index contributed by atoms with van der Waals surface area (Å²) in [5.74, 6) is -0.792. The molecule has 1 saturated heterocycles. The molecule has 0 spiro atoms. The minimum absolute atomic E-state index is 0.143. The Labute approximate surface area is 108 Å². The highest BCUT2D eigenvalue weighted by Crippen LogP contribution is 2.35. The van der Waals surface area contributed by atoms with Crippen LogP contribution in [0.3, 0.4) is 0 Å². The maximum Gasteiger partial charge on any atom is 0.327 e.